The molecule has 0 bridgehead atoms. The van der Waals surface area contributed by atoms with E-state index in [-0.39, 0.29) is 12.1 Å². The molecule has 1 rings (SSSR count). The Balaban J connectivity index is 2.55. The third-order valence-corrected chi connectivity index (χ3v) is 4.74. The second-order valence-corrected chi connectivity index (χ2v) is 6.46. The van der Waals surface area contributed by atoms with E-state index in [1.807, 2.05) is 13.8 Å². The van der Waals surface area contributed by atoms with Crippen LogP contribution in [0.25, 0.3) is 0 Å². The van der Waals surface area contributed by atoms with Crippen molar-refractivity contribution in [2.75, 3.05) is 6.54 Å². The highest BCUT2D eigenvalue weighted by molar-refractivity contribution is 5.77. The summed E-state index contributed by atoms with van der Waals surface area (Å²) in [6.07, 6.45) is 5.89. The molecule has 0 unspecified atom stereocenters. The lowest BCUT2D eigenvalue weighted by atomic mass is 9.76. The maximum Gasteiger partial charge on any atom is 0.313 e. The third kappa shape index (κ3) is 3.47. The van der Waals surface area contributed by atoms with Crippen molar-refractivity contribution in [3.8, 4) is 0 Å². The fourth-order valence-corrected chi connectivity index (χ4v) is 2.68. The van der Waals surface area contributed by atoms with Gasteiger partial charge < -0.3 is 10.5 Å². The van der Waals surface area contributed by atoms with Gasteiger partial charge >= 0.3 is 5.97 Å². The zero-order valence-corrected chi connectivity index (χ0v) is 12.4. The SMILES string of the molecule is CCC(CC)(CN)C(=O)OC1CCC(C)(C)CC1. The molecule has 0 aromatic heterocycles. The molecule has 0 amide bonds. The lowest BCUT2D eigenvalue weighted by molar-refractivity contribution is -0.164. The Bertz CT molecular complexity index is 264. The van der Waals surface area contributed by atoms with Crippen molar-refractivity contribution < 1.29 is 9.53 Å². The number of hydrogen-bond donors (Lipinski definition) is 1. The average Bonchev–Trinajstić information content (AvgIpc) is 2.35. The van der Waals surface area contributed by atoms with E-state index in [0.29, 0.717) is 12.0 Å². The summed E-state index contributed by atoms with van der Waals surface area (Å²) in [5.41, 5.74) is 5.72. The summed E-state index contributed by atoms with van der Waals surface area (Å²) in [5.74, 6) is -0.0836. The second kappa shape index (κ2) is 6.05. The maximum absolute atomic E-state index is 12.3. The van der Waals surface area contributed by atoms with Gasteiger partial charge in [-0.3, -0.25) is 4.79 Å². The Morgan fingerprint density at radius 1 is 1.28 bits per heavy atom. The summed E-state index contributed by atoms with van der Waals surface area (Å²) in [6.45, 7) is 8.99. The molecule has 3 nitrogen and oxygen atoms in total. The molecule has 0 heterocycles. The van der Waals surface area contributed by atoms with E-state index >= 15 is 0 Å². The van der Waals surface area contributed by atoms with Crippen LogP contribution in [0.2, 0.25) is 0 Å². The number of esters is 1. The molecular weight excluding hydrogens is 226 g/mol. The smallest absolute Gasteiger partial charge is 0.313 e. The van der Waals surface area contributed by atoms with Crippen molar-refractivity contribution in [3.63, 3.8) is 0 Å². The van der Waals surface area contributed by atoms with Gasteiger partial charge in [0.25, 0.3) is 0 Å². The fraction of sp³-hybridized carbons (Fsp3) is 0.933. The highest BCUT2D eigenvalue weighted by Crippen LogP contribution is 2.37. The van der Waals surface area contributed by atoms with Gasteiger partial charge in [0.2, 0.25) is 0 Å². The predicted molar refractivity (Wildman–Crippen MR) is 74.2 cm³/mol. The highest BCUT2D eigenvalue weighted by Gasteiger charge is 2.37. The van der Waals surface area contributed by atoms with Gasteiger partial charge in [0.05, 0.1) is 5.41 Å². The van der Waals surface area contributed by atoms with Crippen molar-refractivity contribution in [1.29, 1.82) is 0 Å². The summed E-state index contributed by atoms with van der Waals surface area (Å²) in [6, 6.07) is 0. The molecular formula is C15H29NO2. The molecule has 0 saturated heterocycles. The van der Waals surface area contributed by atoms with Crippen molar-refractivity contribution in [2.24, 2.45) is 16.6 Å². The molecule has 0 spiro atoms. The van der Waals surface area contributed by atoms with Gasteiger partial charge in [0.15, 0.2) is 0 Å². The molecule has 0 atom stereocenters. The second-order valence-electron chi connectivity index (χ2n) is 6.46. The number of nitrogens with two attached hydrogens (primary N) is 1. The molecule has 18 heavy (non-hydrogen) atoms. The summed E-state index contributed by atoms with van der Waals surface area (Å²) < 4.78 is 5.70. The monoisotopic (exact) mass is 255 g/mol. The minimum Gasteiger partial charge on any atom is -0.462 e. The van der Waals surface area contributed by atoms with Gasteiger partial charge in [-0.15, -0.1) is 0 Å². The van der Waals surface area contributed by atoms with Gasteiger partial charge in [-0.25, -0.2) is 0 Å². The van der Waals surface area contributed by atoms with Gasteiger partial charge in [0, 0.05) is 6.54 Å². The molecule has 1 aliphatic rings. The molecule has 106 valence electrons. The van der Waals surface area contributed by atoms with Crippen LogP contribution in [0.3, 0.4) is 0 Å². The molecule has 3 heteroatoms. The first-order valence-electron chi connectivity index (χ1n) is 7.30. The lowest BCUT2D eigenvalue weighted by Gasteiger charge is -2.36. The standard InChI is InChI=1S/C15H29NO2/c1-5-15(6-2,11-16)13(17)18-12-7-9-14(3,4)10-8-12/h12H,5-11,16H2,1-4H3. The van der Waals surface area contributed by atoms with Crippen molar-refractivity contribution >= 4 is 5.97 Å². The van der Waals surface area contributed by atoms with Gasteiger partial charge in [-0.05, 0) is 43.9 Å². The van der Waals surface area contributed by atoms with Crippen molar-refractivity contribution in [1.82, 2.24) is 0 Å². The highest BCUT2D eigenvalue weighted by atomic mass is 16.5. The number of ether oxygens (including phenoxy) is 1. The van der Waals surface area contributed by atoms with E-state index in [2.05, 4.69) is 13.8 Å². The van der Waals surface area contributed by atoms with Crippen molar-refractivity contribution in [2.45, 2.75) is 72.3 Å². The largest absolute Gasteiger partial charge is 0.462 e. The predicted octanol–water partition coefficient (Wildman–Crippen LogP) is 3.26. The topological polar surface area (TPSA) is 52.3 Å². The molecule has 1 aliphatic carbocycles. The van der Waals surface area contributed by atoms with Crippen LogP contribution in [0.5, 0.6) is 0 Å². The first-order chi connectivity index (χ1) is 8.39. The fourth-order valence-electron chi connectivity index (χ4n) is 2.68. The minimum absolute atomic E-state index is 0.0836. The number of rotatable bonds is 5. The summed E-state index contributed by atoms with van der Waals surface area (Å²) in [4.78, 5) is 12.3. The Hall–Kier alpha value is -0.570. The van der Waals surface area contributed by atoms with Gasteiger partial charge in [-0.2, -0.15) is 0 Å². The quantitative estimate of drug-likeness (QED) is 0.767. The molecule has 0 aromatic rings. The van der Waals surface area contributed by atoms with E-state index in [1.54, 1.807) is 0 Å². The van der Waals surface area contributed by atoms with Crippen LogP contribution in [-0.2, 0) is 9.53 Å². The lowest BCUT2D eigenvalue weighted by Crippen LogP contribution is -2.41. The van der Waals surface area contributed by atoms with Crippen LogP contribution in [0, 0.1) is 10.8 Å². The number of carbonyl (C=O) groups excluding carboxylic acids is 1. The zero-order chi connectivity index (χ0) is 13.8. The van der Waals surface area contributed by atoms with Crippen LogP contribution in [0.15, 0.2) is 0 Å². The number of hydrogen-bond acceptors (Lipinski definition) is 3. The zero-order valence-electron chi connectivity index (χ0n) is 12.4. The van der Waals surface area contributed by atoms with E-state index in [1.165, 1.54) is 0 Å². The first kappa shape index (κ1) is 15.5. The summed E-state index contributed by atoms with van der Waals surface area (Å²) >= 11 is 0. The summed E-state index contributed by atoms with van der Waals surface area (Å²) in [7, 11) is 0. The molecule has 0 aliphatic heterocycles. The van der Waals surface area contributed by atoms with E-state index in [4.69, 9.17) is 10.5 Å². The van der Waals surface area contributed by atoms with Crippen LogP contribution in [0.4, 0.5) is 0 Å². The third-order valence-electron chi connectivity index (χ3n) is 4.74. The van der Waals surface area contributed by atoms with Gasteiger partial charge in [0.1, 0.15) is 6.10 Å². The molecule has 1 fully saturated rings. The first-order valence-corrected chi connectivity index (χ1v) is 7.30. The van der Waals surface area contributed by atoms with E-state index in [9.17, 15) is 4.79 Å². The van der Waals surface area contributed by atoms with Crippen molar-refractivity contribution in [3.05, 3.63) is 0 Å². The Morgan fingerprint density at radius 3 is 2.17 bits per heavy atom. The van der Waals surface area contributed by atoms with Crippen LogP contribution < -0.4 is 5.73 Å². The average molecular weight is 255 g/mol. The molecule has 1 saturated carbocycles. The van der Waals surface area contributed by atoms with Crippen LogP contribution in [-0.4, -0.2) is 18.6 Å². The minimum atomic E-state index is -0.465. The molecule has 0 aromatic carbocycles. The van der Waals surface area contributed by atoms with Gasteiger partial charge in [-0.1, -0.05) is 27.7 Å². The van der Waals surface area contributed by atoms with E-state index in [0.717, 1.165) is 38.5 Å². The Labute approximate surface area is 111 Å². The molecule has 0 radical (unpaired) electrons. The maximum atomic E-state index is 12.3. The number of carbonyl (C=O) groups is 1. The Kier molecular flexibility index (Phi) is 5.20. The van der Waals surface area contributed by atoms with Crippen LogP contribution in [0.1, 0.15) is 66.2 Å². The normalized spacial score (nSPS) is 20.7. The molecule has 2 N–H and O–H groups in total. The van der Waals surface area contributed by atoms with Crippen LogP contribution >= 0.6 is 0 Å². The van der Waals surface area contributed by atoms with E-state index < -0.39 is 5.41 Å². The summed E-state index contributed by atoms with van der Waals surface area (Å²) in [5, 5.41) is 0. The Morgan fingerprint density at radius 2 is 1.78 bits per heavy atom.